The van der Waals surface area contributed by atoms with Gasteiger partial charge in [-0.1, -0.05) is 42.5 Å². The van der Waals surface area contributed by atoms with Gasteiger partial charge >= 0.3 is 0 Å². The van der Waals surface area contributed by atoms with Crippen LogP contribution in [0.1, 0.15) is 6.42 Å². The van der Waals surface area contributed by atoms with Crippen LogP contribution in [0.3, 0.4) is 0 Å². The van der Waals surface area contributed by atoms with Gasteiger partial charge in [0, 0.05) is 12.1 Å². The summed E-state index contributed by atoms with van der Waals surface area (Å²) in [6, 6.07) is 17.5. The van der Waals surface area contributed by atoms with E-state index in [1.165, 1.54) is 0 Å². The van der Waals surface area contributed by atoms with Crippen LogP contribution >= 0.6 is 0 Å². The minimum atomic E-state index is 0.0354. The molecule has 0 saturated carbocycles. The number of rotatable bonds is 5. The van der Waals surface area contributed by atoms with Gasteiger partial charge < -0.3 is 4.90 Å². The Labute approximate surface area is 136 Å². The number of hydrogen-bond acceptors (Lipinski definition) is 3. The molecule has 0 atom stereocenters. The van der Waals surface area contributed by atoms with Gasteiger partial charge in [-0.3, -0.25) is 9.36 Å². The second-order valence-electron chi connectivity index (χ2n) is 5.93. The first-order valence-corrected chi connectivity index (χ1v) is 7.86. The van der Waals surface area contributed by atoms with Crippen LogP contribution in [-0.2, 0) is 6.54 Å². The van der Waals surface area contributed by atoms with Crippen molar-refractivity contribution in [3.8, 4) is 11.4 Å². The summed E-state index contributed by atoms with van der Waals surface area (Å²) >= 11 is 0. The molecule has 0 fully saturated rings. The molecule has 2 aromatic carbocycles. The number of fused-ring (bicyclic) bond motifs is 1. The highest BCUT2D eigenvalue weighted by molar-refractivity contribution is 5.79. The monoisotopic (exact) mass is 307 g/mol. The normalized spacial score (nSPS) is 11.3. The van der Waals surface area contributed by atoms with E-state index in [0.29, 0.717) is 11.9 Å². The molecule has 0 bridgehead atoms. The molecule has 118 valence electrons. The maximum absolute atomic E-state index is 12.9. The molecule has 0 saturated heterocycles. The Morgan fingerprint density at radius 2 is 1.70 bits per heavy atom. The highest BCUT2D eigenvalue weighted by atomic mass is 16.1. The SMILES string of the molecule is CN(C)CCCn1c(-c2ccccc2)nc2ccccc2c1=O. The van der Waals surface area contributed by atoms with Crippen LogP contribution in [-0.4, -0.2) is 35.1 Å². The molecule has 1 heterocycles. The molecule has 4 nitrogen and oxygen atoms in total. The van der Waals surface area contributed by atoms with Gasteiger partial charge in [0.1, 0.15) is 5.82 Å². The van der Waals surface area contributed by atoms with E-state index in [-0.39, 0.29) is 5.56 Å². The number of nitrogens with zero attached hydrogens (tertiary/aromatic N) is 3. The summed E-state index contributed by atoms with van der Waals surface area (Å²) in [5, 5.41) is 0.678. The van der Waals surface area contributed by atoms with Gasteiger partial charge in [0.05, 0.1) is 10.9 Å². The third-order valence-electron chi connectivity index (χ3n) is 3.88. The highest BCUT2D eigenvalue weighted by Gasteiger charge is 2.12. The fourth-order valence-electron chi connectivity index (χ4n) is 2.73. The average molecular weight is 307 g/mol. The lowest BCUT2D eigenvalue weighted by Gasteiger charge is -2.15. The first-order chi connectivity index (χ1) is 11.2. The zero-order valence-electron chi connectivity index (χ0n) is 13.6. The largest absolute Gasteiger partial charge is 0.309 e. The first-order valence-electron chi connectivity index (χ1n) is 7.86. The van der Waals surface area contributed by atoms with Gasteiger partial charge in [0.25, 0.3) is 5.56 Å². The second-order valence-corrected chi connectivity index (χ2v) is 5.93. The summed E-state index contributed by atoms with van der Waals surface area (Å²) in [5.41, 5.74) is 1.76. The minimum absolute atomic E-state index is 0.0354. The summed E-state index contributed by atoms with van der Waals surface area (Å²) in [7, 11) is 4.08. The summed E-state index contributed by atoms with van der Waals surface area (Å²) in [4.78, 5) is 19.8. The summed E-state index contributed by atoms with van der Waals surface area (Å²) in [5.74, 6) is 0.744. The Hall–Kier alpha value is -2.46. The van der Waals surface area contributed by atoms with Gasteiger partial charge in [-0.05, 0) is 39.2 Å². The second kappa shape index (κ2) is 6.75. The standard InChI is InChI=1S/C19H21N3O/c1-21(2)13-8-14-22-18(15-9-4-3-5-10-15)20-17-12-7-6-11-16(17)19(22)23/h3-7,9-12H,8,13-14H2,1-2H3. The minimum Gasteiger partial charge on any atom is -0.309 e. The molecule has 0 amide bonds. The predicted octanol–water partition coefficient (Wildman–Crippen LogP) is 3.02. The smallest absolute Gasteiger partial charge is 0.261 e. The van der Waals surface area contributed by atoms with Crippen LogP contribution < -0.4 is 5.56 Å². The van der Waals surface area contributed by atoms with E-state index >= 15 is 0 Å². The molecule has 0 aliphatic heterocycles. The van der Waals surface area contributed by atoms with Crippen molar-refractivity contribution in [1.29, 1.82) is 0 Å². The summed E-state index contributed by atoms with van der Waals surface area (Å²) < 4.78 is 1.81. The van der Waals surface area contributed by atoms with Crippen LogP contribution in [0.25, 0.3) is 22.3 Å². The van der Waals surface area contributed by atoms with Crippen molar-refractivity contribution in [2.75, 3.05) is 20.6 Å². The van der Waals surface area contributed by atoms with Crippen LogP contribution in [0.5, 0.6) is 0 Å². The Morgan fingerprint density at radius 3 is 2.43 bits per heavy atom. The lowest BCUT2D eigenvalue weighted by molar-refractivity contribution is 0.385. The van der Waals surface area contributed by atoms with E-state index in [1.54, 1.807) is 4.57 Å². The molecular formula is C19H21N3O. The number of benzene rings is 2. The summed E-state index contributed by atoms with van der Waals surface area (Å²) in [6.45, 7) is 1.60. The fraction of sp³-hybridized carbons (Fsp3) is 0.263. The average Bonchev–Trinajstić information content (AvgIpc) is 2.57. The van der Waals surface area contributed by atoms with Crippen LogP contribution in [0.2, 0.25) is 0 Å². The zero-order valence-corrected chi connectivity index (χ0v) is 13.6. The van der Waals surface area contributed by atoms with E-state index in [9.17, 15) is 4.79 Å². The van der Waals surface area contributed by atoms with Crippen LogP contribution in [0.15, 0.2) is 59.4 Å². The van der Waals surface area contributed by atoms with Crippen molar-refractivity contribution < 1.29 is 0 Å². The maximum atomic E-state index is 12.9. The molecule has 3 rings (SSSR count). The van der Waals surface area contributed by atoms with Gasteiger partial charge in [-0.2, -0.15) is 0 Å². The van der Waals surface area contributed by atoms with Crippen LogP contribution in [0, 0.1) is 0 Å². The molecular weight excluding hydrogens is 286 g/mol. The third kappa shape index (κ3) is 3.32. The molecule has 0 aliphatic carbocycles. The highest BCUT2D eigenvalue weighted by Crippen LogP contribution is 2.18. The number of aromatic nitrogens is 2. The van der Waals surface area contributed by atoms with Crippen molar-refractivity contribution in [3.63, 3.8) is 0 Å². The maximum Gasteiger partial charge on any atom is 0.261 e. The number of hydrogen-bond donors (Lipinski definition) is 0. The van der Waals surface area contributed by atoms with Crippen molar-refractivity contribution in [2.45, 2.75) is 13.0 Å². The van der Waals surface area contributed by atoms with Gasteiger partial charge in [0.15, 0.2) is 0 Å². The zero-order chi connectivity index (χ0) is 16.2. The number of para-hydroxylation sites is 1. The van der Waals surface area contributed by atoms with Crippen molar-refractivity contribution in [1.82, 2.24) is 14.5 Å². The predicted molar refractivity (Wildman–Crippen MR) is 94.6 cm³/mol. The van der Waals surface area contributed by atoms with Crippen molar-refractivity contribution >= 4 is 10.9 Å². The topological polar surface area (TPSA) is 38.1 Å². The third-order valence-corrected chi connectivity index (χ3v) is 3.88. The lowest BCUT2D eigenvalue weighted by Crippen LogP contribution is -2.25. The Bertz CT molecular complexity index is 853. The molecule has 0 spiro atoms. The molecule has 4 heteroatoms. The quantitative estimate of drug-likeness (QED) is 0.727. The van der Waals surface area contributed by atoms with E-state index in [1.807, 2.05) is 68.7 Å². The van der Waals surface area contributed by atoms with Gasteiger partial charge in [0.2, 0.25) is 0 Å². The molecule has 3 aromatic rings. The van der Waals surface area contributed by atoms with Crippen molar-refractivity contribution in [2.24, 2.45) is 0 Å². The molecule has 0 N–H and O–H groups in total. The van der Waals surface area contributed by atoms with E-state index in [4.69, 9.17) is 4.98 Å². The van der Waals surface area contributed by atoms with E-state index < -0.39 is 0 Å². The fourth-order valence-corrected chi connectivity index (χ4v) is 2.73. The van der Waals surface area contributed by atoms with E-state index in [0.717, 1.165) is 29.9 Å². The molecule has 0 aliphatic rings. The Kier molecular flexibility index (Phi) is 4.53. The lowest BCUT2D eigenvalue weighted by atomic mass is 10.1. The van der Waals surface area contributed by atoms with Crippen molar-refractivity contribution in [3.05, 3.63) is 65.0 Å². The summed E-state index contributed by atoms with van der Waals surface area (Å²) in [6.07, 6.45) is 0.909. The molecule has 1 aromatic heterocycles. The Balaban J connectivity index is 2.13. The molecule has 0 radical (unpaired) electrons. The van der Waals surface area contributed by atoms with E-state index in [2.05, 4.69) is 4.90 Å². The molecule has 0 unspecified atom stereocenters. The first kappa shape index (κ1) is 15.4. The van der Waals surface area contributed by atoms with Gasteiger partial charge in [-0.15, -0.1) is 0 Å². The van der Waals surface area contributed by atoms with Gasteiger partial charge in [-0.25, -0.2) is 4.98 Å². The van der Waals surface area contributed by atoms with Crippen LogP contribution in [0.4, 0.5) is 0 Å². The Morgan fingerprint density at radius 1 is 1.00 bits per heavy atom. The molecule has 23 heavy (non-hydrogen) atoms.